The van der Waals surface area contributed by atoms with Gasteiger partial charge < -0.3 is 21.1 Å². The highest BCUT2D eigenvalue weighted by atomic mass is 16.5. The molecule has 2 rings (SSSR count). The Balaban J connectivity index is 2.08. The summed E-state index contributed by atoms with van der Waals surface area (Å²) in [6.45, 7) is 1.95. The van der Waals surface area contributed by atoms with Crippen molar-refractivity contribution in [3.8, 4) is 5.75 Å². The monoisotopic (exact) mass is 271 g/mol. The molecule has 0 aliphatic heterocycles. The van der Waals surface area contributed by atoms with E-state index in [0.29, 0.717) is 22.8 Å². The Morgan fingerprint density at radius 2 is 1.80 bits per heavy atom. The SMILES string of the molecule is COc1ccc(C)cc1NC(=O)Nc1ccc(N)cc1. The summed E-state index contributed by atoms with van der Waals surface area (Å²) in [5.74, 6) is 0.614. The van der Waals surface area contributed by atoms with Crippen LogP contribution < -0.4 is 21.1 Å². The molecule has 0 aromatic heterocycles. The number of nitrogens with two attached hydrogens (primary N) is 1. The zero-order chi connectivity index (χ0) is 14.5. The zero-order valence-corrected chi connectivity index (χ0v) is 11.4. The van der Waals surface area contributed by atoms with Crippen molar-refractivity contribution in [1.29, 1.82) is 0 Å². The minimum absolute atomic E-state index is 0.335. The summed E-state index contributed by atoms with van der Waals surface area (Å²) in [5.41, 5.74) is 8.57. The van der Waals surface area contributed by atoms with E-state index in [9.17, 15) is 4.79 Å². The first-order chi connectivity index (χ1) is 9.58. The smallest absolute Gasteiger partial charge is 0.323 e. The lowest BCUT2D eigenvalue weighted by atomic mass is 10.2. The largest absolute Gasteiger partial charge is 0.495 e. The van der Waals surface area contributed by atoms with Crippen LogP contribution in [0.2, 0.25) is 0 Å². The molecule has 0 bridgehead atoms. The highest BCUT2D eigenvalue weighted by Gasteiger charge is 2.07. The Labute approximate surface area is 117 Å². The Morgan fingerprint density at radius 1 is 1.10 bits per heavy atom. The molecule has 0 fully saturated rings. The molecule has 0 unspecified atom stereocenters. The van der Waals surface area contributed by atoms with E-state index in [-0.39, 0.29) is 6.03 Å². The number of aryl methyl sites for hydroxylation is 1. The van der Waals surface area contributed by atoms with E-state index in [1.54, 1.807) is 31.4 Å². The molecule has 4 N–H and O–H groups in total. The van der Waals surface area contributed by atoms with Crippen molar-refractivity contribution in [3.05, 3.63) is 48.0 Å². The second-order valence-electron chi connectivity index (χ2n) is 4.40. The van der Waals surface area contributed by atoms with Crippen LogP contribution in [0.15, 0.2) is 42.5 Å². The summed E-state index contributed by atoms with van der Waals surface area (Å²) in [5, 5.41) is 5.49. The third-order valence-electron chi connectivity index (χ3n) is 2.77. The van der Waals surface area contributed by atoms with Crippen molar-refractivity contribution in [3.63, 3.8) is 0 Å². The lowest BCUT2D eigenvalue weighted by Gasteiger charge is -2.12. The number of methoxy groups -OCH3 is 1. The summed E-state index contributed by atoms with van der Waals surface area (Å²) in [6.07, 6.45) is 0. The van der Waals surface area contributed by atoms with Crippen molar-refractivity contribution in [2.75, 3.05) is 23.5 Å². The predicted molar refractivity (Wildman–Crippen MR) is 81.2 cm³/mol. The van der Waals surface area contributed by atoms with E-state index >= 15 is 0 Å². The van der Waals surface area contributed by atoms with Gasteiger partial charge in [-0.15, -0.1) is 0 Å². The van der Waals surface area contributed by atoms with Crippen LogP contribution in [-0.4, -0.2) is 13.1 Å². The maximum atomic E-state index is 11.9. The summed E-state index contributed by atoms with van der Waals surface area (Å²) >= 11 is 0. The van der Waals surface area contributed by atoms with Gasteiger partial charge in [0.1, 0.15) is 5.75 Å². The lowest BCUT2D eigenvalue weighted by molar-refractivity contribution is 0.262. The number of carbonyl (C=O) groups is 1. The predicted octanol–water partition coefficient (Wildman–Crippen LogP) is 3.23. The standard InChI is InChI=1S/C15H17N3O2/c1-10-3-8-14(20-2)13(9-10)18-15(19)17-12-6-4-11(16)5-7-12/h3-9H,16H2,1-2H3,(H2,17,18,19). The Bertz CT molecular complexity index is 609. The second-order valence-corrected chi connectivity index (χ2v) is 4.40. The molecule has 0 heterocycles. The quantitative estimate of drug-likeness (QED) is 0.750. The number of anilines is 3. The van der Waals surface area contributed by atoms with Gasteiger partial charge in [0.05, 0.1) is 12.8 Å². The van der Waals surface area contributed by atoms with Crippen molar-refractivity contribution in [2.45, 2.75) is 6.92 Å². The van der Waals surface area contributed by atoms with Crippen molar-refractivity contribution >= 4 is 23.1 Å². The molecular weight excluding hydrogens is 254 g/mol. The normalized spacial score (nSPS) is 9.90. The van der Waals surface area contributed by atoms with E-state index < -0.39 is 0 Å². The van der Waals surface area contributed by atoms with Crippen LogP contribution in [0, 0.1) is 6.92 Å². The molecule has 2 aromatic rings. The number of hydrogen-bond donors (Lipinski definition) is 3. The Hall–Kier alpha value is -2.69. The van der Waals surface area contributed by atoms with E-state index in [0.717, 1.165) is 5.56 Å². The first-order valence-corrected chi connectivity index (χ1v) is 6.16. The molecule has 0 aliphatic carbocycles. The number of rotatable bonds is 3. The van der Waals surface area contributed by atoms with Crippen LogP contribution in [-0.2, 0) is 0 Å². The Kier molecular flexibility index (Phi) is 4.10. The molecule has 0 radical (unpaired) electrons. The van der Waals surface area contributed by atoms with E-state index in [1.807, 2.05) is 25.1 Å². The summed E-state index contributed by atoms with van der Waals surface area (Å²) in [4.78, 5) is 11.9. The molecule has 5 heteroatoms. The fourth-order valence-electron chi connectivity index (χ4n) is 1.77. The van der Waals surface area contributed by atoms with E-state index in [2.05, 4.69) is 10.6 Å². The van der Waals surface area contributed by atoms with Crippen molar-refractivity contribution in [1.82, 2.24) is 0 Å². The second kappa shape index (κ2) is 5.97. The molecule has 5 nitrogen and oxygen atoms in total. The summed E-state index contributed by atoms with van der Waals surface area (Å²) in [7, 11) is 1.56. The average molecular weight is 271 g/mol. The number of urea groups is 1. The molecule has 0 spiro atoms. The van der Waals surface area contributed by atoms with Gasteiger partial charge in [-0.05, 0) is 48.9 Å². The Morgan fingerprint density at radius 3 is 2.45 bits per heavy atom. The molecule has 0 saturated heterocycles. The molecule has 0 aliphatic rings. The minimum atomic E-state index is -0.335. The zero-order valence-electron chi connectivity index (χ0n) is 11.4. The van der Waals surface area contributed by atoms with Gasteiger partial charge in [-0.2, -0.15) is 0 Å². The van der Waals surface area contributed by atoms with Crippen molar-refractivity contribution in [2.24, 2.45) is 0 Å². The van der Waals surface area contributed by atoms with Gasteiger partial charge in [-0.1, -0.05) is 6.07 Å². The molecular formula is C15H17N3O2. The maximum absolute atomic E-state index is 11.9. The van der Waals surface area contributed by atoms with Crippen LogP contribution in [0.5, 0.6) is 5.75 Å². The fourth-order valence-corrected chi connectivity index (χ4v) is 1.77. The molecule has 2 aromatic carbocycles. The third kappa shape index (κ3) is 3.41. The number of carbonyl (C=O) groups excluding carboxylic acids is 1. The average Bonchev–Trinajstić information content (AvgIpc) is 2.41. The molecule has 0 atom stereocenters. The van der Waals surface area contributed by atoms with E-state index in [1.165, 1.54) is 0 Å². The minimum Gasteiger partial charge on any atom is -0.495 e. The van der Waals surface area contributed by atoms with Gasteiger partial charge in [0, 0.05) is 11.4 Å². The number of benzene rings is 2. The topological polar surface area (TPSA) is 76.4 Å². The number of ether oxygens (including phenoxy) is 1. The van der Waals surface area contributed by atoms with Gasteiger partial charge in [0.2, 0.25) is 0 Å². The lowest BCUT2D eigenvalue weighted by Crippen LogP contribution is -2.19. The first-order valence-electron chi connectivity index (χ1n) is 6.16. The summed E-state index contributed by atoms with van der Waals surface area (Å²) in [6, 6.07) is 12.2. The third-order valence-corrected chi connectivity index (χ3v) is 2.77. The maximum Gasteiger partial charge on any atom is 0.323 e. The number of hydrogen-bond acceptors (Lipinski definition) is 3. The highest BCUT2D eigenvalue weighted by molar-refractivity contribution is 6.00. The number of nitrogen functional groups attached to an aromatic ring is 1. The fraction of sp³-hybridized carbons (Fsp3) is 0.133. The molecule has 104 valence electrons. The van der Waals surface area contributed by atoms with Crippen LogP contribution in [0.25, 0.3) is 0 Å². The van der Waals surface area contributed by atoms with E-state index in [4.69, 9.17) is 10.5 Å². The van der Waals surface area contributed by atoms with Gasteiger partial charge in [-0.25, -0.2) is 4.79 Å². The van der Waals surface area contributed by atoms with Gasteiger partial charge in [0.15, 0.2) is 0 Å². The number of amides is 2. The van der Waals surface area contributed by atoms with Crippen LogP contribution in [0.1, 0.15) is 5.56 Å². The van der Waals surface area contributed by atoms with Gasteiger partial charge in [0.25, 0.3) is 0 Å². The highest BCUT2D eigenvalue weighted by Crippen LogP contribution is 2.25. The van der Waals surface area contributed by atoms with Crippen LogP contribution in [0.4, 0.5) is 21.9 Å². The van der Waals surface area contributed by atoms with Crippen LogP contribution >= 0.6 is 0 Å². The number of nitrogens with one attached hydrogen (secondary N) is 2. The molecule has 2 amide bonds. The van der Waals surface area contributed by atoms with Gasteiger partial charge >= 0.3 is 6.03 Å². The van der Waals surface area contributed by atoms with Gasteiger partial charge in [-0.3, -0.25) is 0 Å². The first kappa shape index (κ1) is 13.7. The van der Waals surface area contributed by atoms with Crippen molar-refractivity contribution < 1.29 is 9.53 Å². The molecule has 0 saturated carbocycles. The summed E-state index contributed by atoms with van der Waals surface area (Å²) < 4.78 is 5.21. The van der Waals surface area contributed by atoms with Crippen LogP contribution in [0.3, 0.4) is 0 Å². The molecule has 20 heavy (non-hydrogen) atoms.